The number of aliphatic hydroxyl groups excluding tert-OH is 1. The van der Waals surface area contributed by atoms with Crippen molar-refractivity contribution in [3.63, 3.8) is 0 Å². The molecule has 0 heterocycles. The van der Waals surface area contributed by atoms with Crippen molar-refractivity contribution < 1.29 is 5.11 Å². The van der Waals surface area contributed by atoms with Crippen LogP contribution in [0.15, 0.2) is 0 Å². The normalized spacial score (nSPS) is 32.2. The molecule has 0 bridgehead atoms. The van der Waals surface area contributed by atoms with Gasteiger partial charge in [0.25, 0.3) is 0 Å². The minimum atomic E-state index is 0.0785. The van der Waals surface area contributed by atoms with E-state index in [1.165, 1.54) is 19.3 Å². The number of aliphatic hydroxyl groups is 1. The van der Waals surface area contributed by atoms with Gasteiger partial charge in [0, 0.05) is 18.6 Å². The molecule has 2 unspecified atom stereocenters. The van der Waals surface area contributed by atoms with Crippen LogP contribution in [0, 0.1) is 11.8 Å². The summed E-state index contributed by atoms with van der Waals surface area (Å²) in [7, 11) is 0. The van der Waals surface area contributed by atoms with Gasteiger partial charge in [0.2, 0.25) is 0 Å². The average molecular weight is 214 g/mol. The highest BCUT2D eigenvalue weighted by atomic mass is 16.3. The van der Waals surface area contributed by atoms with Gasteiger partial charge >= 0.3 is 0 Å². The summed E-state index contributed by atoms with van der Waals surface area (Å²) in [6, 6.07) is 0. The maximum atomic E-state index is 8.93. The Balaban J connectivity index is 2.70. The van der Waals surface area contributed by atoms with Crippen LogP contribution in [0.3, 0.4) is 0 Å². The number of β-amino-alcohol motifs (C(OH)–C–C–N with tert-alkyl or cyclic N) is 1. The summed E-state index contributed by atoms with van der Waals surface area (Å²) >= 11 is 0. The summed E-state index contributed by atoms with van der Waals surface area (Å²) < 4.78 is 0. The Morgan fingerprint density at radius 3 is 2.73 bits per heavy atom. The highest BCUT2D eigenvalue weighted by Crippen LogP contribution is 2.37. The van der Waals surface area contributed by atoms with E-state index in [0.717, 1.165) is 6.42 Å². The molecule has 0 aromatic rings. The van der Waals surface area contributed by atoms with Gasteiger partial charge in [-0.25, -0.2) is 0 Å². The number of rotatable bonds is 5. The zero-order valence-electron chi connectivity index (χ0n) is 10.1. The standard InChI is InChI=1S/C12H26N2O/c1-10(2)11-5-3-4-6-12(11,9-13)14-7-8-15/h10-11,14-15H,3-9,13H2,1-2H3. The molecule has 0 aromatic heterocycles. The second kappa shape index (κ2) is 5.83. The minimum absolute atomic E-state index is 0.0785. The van der Waals surface area contributed by atoms with Gasteiger partial charge in [-0.2, -0.15) is 0 Å². The van der Waals surface area contributed by atoms with Crippen LogP contribution in [0.1, 0.15) is 39.5 Å². The molecular weight excluding hydrogens is 188 g/mol. The molecule has 1 rings (SSSR count). The van der Waals surface area contributed by atoms with E-state index < -0.39 is 0 Å². The second-order valence-electron chi connectivity index (χ2n) is 5.11. The Morgan fingerprint density at radius 2 is 2.20 bits per heavy atom. The van der Waals surface area contributed by atoms with Crippen LogP contribution < -0.4 is 11.1 Å². The molecule has 0 radical (unpaired) electrons. The van der Waals surface area contributed by atoms with Gasteiger partial charge in [-0.1, -0.05) is 26.7 Å². The first kappa shape index (κ1) is 12.9. The molecule has 1 aliphatic rings. The van der Waals surface area contributed by atoms with Crippen molar-refractivity contribution in [1.29, 1.82) is 0 Å². The SMILES string of the molecule is CC(C)C1CCCCC1(CN)NCCO. The molecule has 1 saturated carbocycles. The van der Waals surface area contributed by atoms with Crippen LogP contribution >= 0.6 is 0 Å². The van der Waals surface area contributed by atoms with Gasteiger partial charge < -0.3 is 16.2 Å². The Kier molecular flexibility index (Phi) is 5.03. The Morgan fingerprint density at radius 1 is 1.47 bits per heavy atom. The van der Waals surface area contributed by atoms with E-state index in [4.69, 9.17) is 10.8 Å². The first-order chi connectivity index (χ1) is 7.16. The fraction of sp³-hybridized carbons (Fsp3) is 1.00. The summed E-state index contributed by atoms with van der Waals surface area (Å²) in [6.45, 7) is 6.12. The molecule has 3 nitrogen and oxygen atoms in total. The van der Waals surface area contributed by atoms with E-state index in [-0.39, 0.29) is 12.1 Å². The van der Waals surface area contributed by atoms with Crippen molar-refractivity contribution in [1.82, 2.24) is 5.32 Å². The van der Waals surface area contributed by atoms with Gasteiger partial charge in [-0.3, -0.25) is 0 Å². The van der Waals surface area contributed by atoms with Crippen molar-refractivity contribution in [2.45, 2.75) is 45.1 Å². The summed E-state index contributed by atoms with van der Waals surface area (Å²) in [5.74, 6) is 1.32. The molecule has 2 atom stereocenters. The third-order valence-corrected chi connectivity index (χ3v) is 3.86. The highest BCUT2D eigenvalue weighted by Gasteiger charge is 2.40. The first-order valence-electron chi connectivity index (χ1n) is 6.22. The molecule has 3 heteroatoms. The van der Waals surface area contributed by atoms with Crippen LogP contribution in [-0.4, -0.2) is 30.3 Å². The highest BCUT2D eigenvalue weighted by molar-refractivity contribution is 4.99. The smallest absolute Gasteiger partial charge is 0.0556 e. The van der Waals surface area contributed by atoms with Gasteiger partial charge in [0.15, 0.2) is 0 Å². The predicted octanol–water partition coefficient (Wildman–Crippen LogP) is 1.11. The maximum Gasteiger partial charge on any atom is 0.0556 e. The van der Waals surface area contributed by atoms with Crippen molar-refractivity contribution in [2.24, 2.45) is 17.6 Å². The molecule has 0 aromatic carbocycles. The largest absolute Gasteiger partial charge is 0.395 e. The van der Waals surface area contributed by atoms with E-state index in [1.807, 2.05) is 0 Å². The molecule has 0 spiro atoms. The van der Waals surface area contributed by atoms with Crippen LogP contribution in [-0.2, 0) is 0 Å². The van der Waals surface area contributed by atoms with E-state index in [9.17, 15) is 0 Å². The van der Waals surface area contributed by atoms with Crippen molar-refractivity contribution in [3.05, 3.63) is 0 Å². The van der Waals surface area contributed by atoms with E-state index in [1.54, 1.807) is 0 Å². The van der Waals surface area contributed by atoms with Crippen LogP contribution in [0.2, 0.25) is 0 Å². The molecule has 0 aliphatic heterocycles. The summed E-state index contributed by atoms with van der Waals surface area (Å²) in [5.41, 5.74) is 6.04. The van der Waals surface area contributed by atoms with Gasteiger partial charge in [-0.15, -0.1) is 0 Å². The van der Waals surface area contributed by atoms with Gasteiger partial charge in [0.05, 0.1) is 6.61 Å². The van der Waals surface area contributed by atoms with Crippen molar-refractivity contribution >= 4 is 0 Å². The molecule has 0 saturated heterocycles. The fourth-order valence-corrected chi connectivity index (χ4v) is 3.09. The van der Waals surface area contributed by atoms with E-state index in [0.29, 0.717) is 24.9 Å². The number of nitrogens with one attached hydrogen (secondary N) is 1. The molecule has 90 valence electrons. The maximum absolute atomic E-state index is 8.93. The minimum Gasteiger partial charge on any atom is -0.395 e. The molecule has 4 N–H and O–H groups in total. The fourth-order valence-electron chi connectivity index (χ4n) is 3.09. The second-order valence-corrected chi connectivity index (χ2v) is 5.11. The number of hydrogen-bond acceptors (Lipinski definition) is 3. The lowest BCUT2D eigenvalue weighted by atomic mass is 9.68. The number of hydrogen-bond donors (Lipinski definition) is 3. The summed E-state index contributed by atoms with van der Waals surface area (Å²) in [5, 5.41) is 12.4. The Labute approximate surface area is 93.4 Å². The molecule has 15 heavy (non-hydrogen) atoms. The Hall–Kier alpha value is -0.120. The molecule has 1 fully saturated rings. The molecule has 1 aliphatic carbocycles. The molecule has 0 amide bonds. The topological polar surface area (TPSA) is 58.3 Å². The van der Waals surface area contributed by atoms with E-state index >= 15 is 0 Å². The van der Waals surface area contributed by atoms with Crippen LogP contribution in [0.25, 0.3) is 0 Å². The lowest BCUT2D eigenvalue weighted by Crippen LogP contribution is -2.59. The summed E-state index contributed by atoms with van der Waals surface area (Å²) in [6.07, 6.45) is 5.02. The monoisotopic (exact) mass is 214 g/mol. The van der Waals surface area contributed by atoms with Crippen molar-refractivity contribution in [3.8, 4) is 0 Å². The van der Waals surface area contributed by atoms with Crippen LogP contribution in [0.4, 0.5) is 0 Å². The van der Waals surface area contributed by atoms with Gasteiger partial charge in [0.1, 0.15) is 0 Å². The van der Waals surface area contributed by atoms with E-state index in [2.05, 4.69) is 19.2 Å². The predicted molar refractivity (Wildman–Crippen MR) is 63.7 cm³/mol. The average Bonchev–Trinajstić information content (AvgIpc) is 2.26. The van der Waals surface area contributed by atoms with Crippen molar-refractivity contribution in [2.75, 3.05) is 19.7 Å². The first-order valence-corrected chi connectivity index (χ1v) is 6.22. The van der Waals surface area contributed by atoms with Gasteiger partial charge in [-0.05, 0) is 24.7 Å². The zero-order valence-corrected chi connectivity index (χ0v) is 10.1. The summed E-state index contributed by atoms with van der Waals surface area (Å²) in [4.78, 5) is 0. The third kappa shape index (κ3) is 2.92. The quantitative estimate of drug-likeness (QED) is 0.642. The lowest BCUT2D eigenvalue weighted by molar-refractivity contribution is 0.102. The van der Waals surface area contributed by atoms with Crippen LogP contribution in [0.5, 0.6) is 0 Å². The molecular formula is C12H26N2O. The Bertz CT molecular complexity index is 184. The zero-order chi connectivity index (χ0) is 11.3. The lowest BCUT2D eigenvalue weighted by Gasteiger charge is -2.46. The number of nitrogens with two attached hydrogens (primary N) is 1. The third-order valence-electron chi connectivity index (χ3n) is 3.86.